The number of hydrogen-bond acceptors (Lipinski definition) is 15. The Morgan fingerprint density at radius 3 is 0.710 bits per heavy atom. The van der Waals surface area contributed by atoms with E-state index in [0.717, 1.165) is 120 Å². The molecule has 0 spiro atoms. The van der Waals surface area contributed by atoms with Crippen LogP contribution in [0, 0.1) is 23.7 Å². The van der Waals surface area contributed by atoms with Crippen LogP contribution >= 0.6 is 15.6 Å². The van der Waals surface area contributed by atoms with E-state index >= 15 is 0 Å². The molecular weight excluding hydrogens is 1310 g/mol. The van der Waals surface area contributed by atoms with E-state index in [0.29, 0.717) is 31.6 Å². The minimum absolute atomic E-state index is 0.106. The van der Waals surface area contributed by atoms with Gasteiger partial charge in [0.1, 0.15) is 19.3 Å². The van der Waals surface area contributed by atoms with Crippen LogP contribution in [-0.2, 0) is 65.4 Å². The van der Waals surface area contributed by atoms with Crippen LogP contribution < -0.4 is 0 Å². The zero-order chi connectivity index (χ0) is 73.8. The average Bonchev–Trinajstić information content (AvgIpc) is 0.951. The van der Waals surface area contributed by atoms with Crippen molar-refractivity contribution in [1.29, 1.82) is 0 Å². The molecule has 0 saturated heterocycles. The summed E-state index contributed by atoms with van der Waals surface area (Å²) in [6, 6.07) is 0. The molecule has 5 unspecified atom stereocenters. The lowest BCUT2D eigenvalue weighted by molar-refractivity contribution is -0.161. The monoisotopic (exact) mass is 1470 g/mol. The molecule has 19 heteroatoms. The first kappa shape index (κ1) is 98.1. The van der Waals surface area contributed by atoms with E-state index in [1.807, 2.05) is 0 Å². The number of phosphoric ester groups is 2. The van der Waals surface area contributed by atoms with Crippen molar-refractivity contribution in [3.05, 3.63) is 0 Å². The number of aliphatic hydroxyl groups is 1. The van der Waals surface area contributed by atoms with Gasteiger partial charge >= 0.3 is 39.5 Å². The van der Waals surface area contributed by atoms with Gasteiger partial charge in [-0.05, 0) is 49.4 Å². The fourth-order valence-corrected chi connectivity index (χ4v) is 13.9. The number of carbonyl (C=O) groups is 4. The van der Waals surface area contributed by atoms with Crippen LogP contribution in [0.25, 0.3) is 0 Å². The van der Waals surface area contributed by atoms with Crippen molar-refractivity contribution >= 4 is 39.5 Å². The highest BCUT2D eigenvalue weighted by Crippen LogP contribution is 2.45. The van der Waals surface area contributed by atoms with Gasteiger partial charge < -0.3 is 33.8 Å². The SMILES string of the molecule is CCC(C)CCCCCCCCCCCCCCCCCCCCC(=O)O[C@H](COC(=O)CCCCCCCCC(C)CC)COP(=O)(O)OC[C@H](O)COP(=O)(O)OC[C@@H](COC(=O)CCCCCCCCCC(C)C)OC(=O)CCCCCCCCCCCCCCCCC(C)CC. The summed E-state index contributed by atoms with van der Waals surface area (Å²) in [6.45, 7) is 14.3. The van der Waals surface area contributed by atoms with Gasteiger partial charge in [-0.15, -0.1) is 0 Å². The number of aliphatic hydroxyl groups excluding tert-OH is 1. The van der Waals surface area contributed by atoms with Crippen molar-refractivity contribution in [2.45, 2.75) is 433 Å². The molecule has 0 aromatic rings. The van der Waals surface area contributed by atoms with Gasteiger partial charge in [-0.1, -0.05) is 364 Å². The number of ether oxygens (including phenoxy) is 4. The summed E-state index contributed by atoms with van der Waals surface area (Å²) in [5, 5.41) is 10.6. The maximum atomic E-state index is 13.1. The lowest BCUT2D eigenvalue weighted by Crippen LogP contribution is -2.30. The smallest absolute Gasteiger partial charge is 0.462 e. The second kappa shape index (κ2) is 70.1. The van der Waals surface area contributed by atoms with Gasteiger partial charge in [0.25, 0.3) is 0 Å². The highest BCUT2D eigenvalue weighted by Gasteiger charge is 2.30. The van der Waals surface area contributed by atoms with Crippen LogP contribution in [0.15, 0.2) is 0 Å². The number of carbonyl (C=O) groups excluding carboxylic acids is 4. The van der Waals surface area contributed by atoms with Crippen molar-refractivity contribution in [3.8, 4) is 0 Å². The highest BCUT2D eigenvalue weighted by atomic mass is 31.2. The largest absolute Gasteiger partial charge is 0.472 e. The third kappa shape index (κ3) is 70.4. The Hall–Kier alpha value is -1.94. The number of hydrogen-bond donors (Lipinski definition) is 3. The first-order valence-corrected chi connectivity index (χ1v) is 44.8. The lowest BCUT2D eigenvalue weighted by Gasteiger charge is -2.21. The molecule has 100 heavy (non-hydrogen) atoms. The van der Waals surface area contributed by atoms with Gasteiger partial charge in [-0.2, -0.15) is 0 Å². The third-order valence-corrected chi connectivity index (χ3v) is 21.8. The van der Waals surface area contributed by atoms with Gasteiger partial charge in [0.05, 0.1) is 26.4 Å². The average molecular weight is 1470 g/mol. The minimum Gasteiger partial charge on any atom is -0.462 e. The van der Waals surface area contributed by atoms with E-state index in [4.69, 9.17) is 37.0 Å². The van der Waals surface area contributed by atoms with Crippen LogP contribution in [0.1, 0.15) is 415 Å². The fourth-order valence-electron chi connectivity index (χ4n) is 12.3. The zero-order valence-electron chi connectivity index (χ0n) is 65.8. The van der Waals surface area contributed by atoms with E-state index in [1.54, 1.807) is 0 Å². The summed E-state index contributed by atoms with van der Waals surface area (Å²) >= 11 is 0. The molecule has 17 nitrogen and oxygen atoms in total. The maximum Gasteiger partial charge on any atom is 0.472 e. The molecule has 0 heterocycles. The first-order valence-electron chi connectivity index (χ1n) is 41.8. The van der Waals surface area contributed by atoms with Gasteiger partial charge in [-0.25, -0.2) is 9.13 Å². The van der Waals surface area contributed by atoms with E-state index in [-0.39, 0.29) is 25.7 Å². The topological polar surface area (TPSA) is 237 Å². The van der Waals surface area contributed by atoms with Crippen LogP contribution in [0.4, 0.5) is 0 Å². The summed E-state index contributed by atoms with van der Waals surface area (Å²) in [5.41, 5.74) is 0. The molecule has 0 radical (unpaired) electrons. The quantitative estimate of drug-likeness (QED) is 0.0222. The molecule has 0 fully saturated rings. The fraction of sp³-hybridized carbons (Fsp3) is 0.951. The molecule has 0 aromatic carbocycles. The Morgan fingerprint density at radius 1 is 0.280 bits per heavy atom. The number of esters is 4. The molecule has 0 saturated carbocycles. The number of phosphoric acid groups is 2. The normalized spacial score (nSPS) is 14.8. The number of rotatable bonds is 78. The van der Waals surface area contributed by atoms with Gasteiger partial charge in [0.15, 0.2) is 12.2 Å². The van der Waals surface area contributed by atoms with Gasteiger partial charge in [0, 0.05) is 25.7 Å². The highest BCUT2D eigenvalue weighted by molar-refractivity contribution is 7.47. The second-order valence-electron chi connectivity index (χ2n) is 30.4. The third-order valence-electron chi connectivity index (χ3n) is 19.9. The molecule has 0 bridgehead atoms. The van der Waals surface area contributed by atoms with Crippen LogP contribution in [0.2, 0.25) is 0 Å². The molecule has 594 valence electrons. The van der Waals surface area contributed by atoms with Crippen molar-refractivity contribution in [2.75, 3.05) is 39.6 Å². The summed E-state index contributed by atoms with van der Waals surface area (Å²) in [6.07, 6.45) is 57.0. The summed E-state index contributed by atoms with van der Waals surface area (Å²) in [5.74, 6) is 1.03. The standard InChI is InChI=1S/C81H158O17P2/c1-9-72(6)58-50-42-34-28-24-20-16-14-12-13-15-17-22-26-30-36-47-55-64-81(86)98-77(68-92-79(84)62-54-46-40-39-44-52-60-74(8)11-3)70-96-100(89,90)94-66-75(82)65-93-99(87,88)95-69-76(67-91-78(83)61-53-45-38-32-33-41-49-57-71(4)5)97-80(85)63-56-48-37-31-27-23-19-18-21-25-29-35-43-51-59-73(7)10-2/h71-77,82H,9-70H2,1-8H3,(H,87,88)(H,89,90)/t72?,73?,74?,75-,76-,77-/m1/s1. The summed E-state index contributed by atoms with van der Waals surface area (Å²) in [4.78, 5) is 72.9. The summed E-state index contributed by atoms with van der Waals surface area (Å²) < 4.78 is 68.6. The van der Waals surface area contributed by atoms with E-state index in [2.05, 4.69) is 55.4 Å². The Labute approximate surface area is 613 Å². The predicted molar refractivity (Wildman–Crippen MR) is 409 cm³/mol. The second-order valence-corrected chi connectivity index (χ2v) is 33.3. The minimum atomic E-state index is -4.96. The molecule has 0 aliphatic heterocycles. The molecule has 0 amide bonds. The molecule has 0 aromatic heterocycles. The zero-order valence-corrected chi connectivity index (χ0v) is 67.6. The van der Waals surface area contributed by atoms with Crippen molar-refractivity contribution in [3.63, 3.8) is 0 Å². The Morgan fingerprint density at radius 2 is 0.480 bits per heavy atom. The maximum absolute atomic E-state index is 13.1. The molecule has 8 atom stereocenters. The molecule has 0 aliphatic rings. The van der Waals surface area contributed by atoms with Gasteiger partial charge in [-0.3, -0.25) is 37.3 Å². The first-order chi connectivity index (χ1) is 48.2. The predicted octanol–water partition coefficient (Wildman–Crippen LogP) is 24.0. The molecule has 0 rings (SSSR count). The van der Waals surface area contributed by atoms with Crippen molar-refractivity contribution < 1.29 is 80.2 Å². The van der Waals surface area contributed by atoms with Gasteiger partial charge in [0.2, 0.25) is 0 Å². The Bertz CT molecular complexity index is 1960. The van der Waals surface area contributed by atoms with E-state index in [1.165, 1.54) is 205 Å². The van der Waals surface area contributed by atoms with E-state index < -0.39 is 97.5 Å². The Kier molecular flexibility index (Phi) is 68.7. The molecule has 0 aliphatic carbocycles. The number of unbranched alkanes of at least 4 members (excludes halogenated alkanes) is 41. The molecular formula is C81H158O17P2. The Balaban J connectivity index is 5.17. The van der Waals surface area contributed by atoms with E-state index in [9.17, 15) is 43.2 Å². The van der Waals surface area contributed by atoms with Crippen molar-refractivity contribution in [1.82, 2.24) is 0 Å². The summed E-state index contributed by atoms with van der Waals surface area (Å²) in [7, 11) is -9.92. The lowest BCUT2D eigenvalue weighted by atomic mass is 9.99. The van der Waals surface area contributed by atoms with Crippen LogP contribution in [0.3, 0.4) is 0 Å². The molecule has 3 N–H and O–H groups in total. The van der Waals surface area contributed by atoms with Crippen molar-refractivity contribution in [2.24, 2.45) is 23.7 Å². The van der Waals surface area contributed by atoms with Crippen LogP contribution in [-0.4, -0.2) is 96.7 Å². The van der Waals surface area contributed by atoms with Crippen LogP contribution in [0.5, 0.6) is 0 Å².